The SMILES string of the molecule is COCCCN1C(=O)C(=O)/C(=C(/O)c2ccc(OC)cc2)C1c1ccc(Cl)c(Cl)c1. The number of hydrogen-bond donors (Lipinski definition) is 1. The lowest BCUT2D eigenvalue weighted by Gasteiger charge is -2.25. The molecule has 0 saturated carbocycles. The molecule has 1 saturated heterocycles. The Morgan fingerprint density at radius 1 is 1.07 bits per heavy atom. The van der Waals surface area contributed by atoms with Crippen LogP contribution in [0.25, 0.3) is 5.76 Å². The number of ketones is 1. The maximum Gasteiger partial charge on any atom is 0.295 e. The first-order chi connectivity index (χ1) is 14.4. The molecule has 0 aliphatic carbocycles. The number of carbonyl (C=O) groups excluding carboxylic acids is 2. The number of hydrogen-bond acceptors (Lipinski definition) is 5. The Balaban J connectivity index is 2.12. The van der Waals surface area contributed by atoms with Crippen LogP contribution in [-0.2, 0) is 14.3 Å². The summed E-state index contributed by atoms with van der Waals surface area (Å²) in [5.41, 5.74) is 0.979. The topological polar surface area (TPSA) is 76.1 Å². The molecule has 6 nitrogen and oxygen atoms in total. The van der Waals surface area contributed by atoms with Gasteiger partial charge in [0.1, 0.15) is 11.5 Å². The first kappa shape index (κ1) is 22.2. The summed E-state index contributed by atoms with van der Waals surface area (Å²) in [6.45, 7) is 0.707. The molecular formula is C22H21Cl2NO5. The summed E-state index contributed by atoms with van der Waals surface area (Å²) >= 11 is 12.2. The number of methoxy groups -OCH3 is 2. The zero-order valence-corrected chi connectivity index (χ0v) is 18.0. The summed E-state index contributed by atoms with van der Waals surface area (Å²) in [4.78, 5) is 27.1. The summed E-state index contributed by atoms with van der Waals surface area (Å²) in [6.07, 6.45) is 0.532. The molecule has 0 aromatic heterocycles. The van der Waals surface area contributed by atoms with Gasteiger partial charge in [0, 0.05) is 25.8 Å². The number of likely N-dealkylation sites (tertiary alicyclic amines) is 1. The van der Waals surface area contributed by atoms with E-state index in [9.17, 15) is 14.7 Å². The predicted octanol–water partition coefficient (Wildman–Crippen LogP) is 4.46. The first-order valence-electron chi connectivity index (χ1n) is 9.25. The zero-order valence-electron chi connectivity index (χ0n) is 16.5. The van der Waals surface area contributed by atoms with Crippen LogP contribution in [0.2, 0.25) is 10.0 Å². The van der Waals surface area contributed by atoms with E-state index in [1.54, 1.807) is 49.6 Å². The molecule has 0 bridgehead atoms. The summed E-state index contributed by atoms with van der Waals surface area (Å²) in [5, 5.41) is 11.6. The van der Waals surface area contributed by atoms with Crippen LogP contribution in [0.3, 0.4) is 0 Å². The molecule has 3 rings (SSSR count). The van der Waals surface area contributed by atoms with Crippen molar-refractivity contribution < 1.29 is 24.2 Å². The largest absolute Gasteiger partial charge is 0.507 e. The van der Waals surface area contributed by atoms with E-state index >= 15 is 0 Å². The molecule has 1 aliphatic rings. The van der Waals surface area contributed by atoms with E-state index < -0.39 is 17.7 Å². The number of aliphatic hydroxyl groups excluding tert-OH is 1. The molecule has 1 fully saturated rings. The fourth-order valence-electron chi connectivity index (χ4n) is 3.42. The standard InChI is InChI=1S/C22H21Cl2NO5/c1-29-11-3-10-25-19(14-6-9-16(23)17(24)12-14)18(21(27)22(25)28)20(26)13-4-7-15(30-2)8-5-13/h4-9,12,19,26H,3,10-11H2,1-2H3/b20-18+. The average molecular weight is 450 g/mol. The molecule has 8 heteroatoms. The van der Waals surface area contributed by atoms with Crippen LogP contribution in [0.4, 0.5) is 0 Å². The lowest BCUT2D eigenvalue weighted by Crippen LogP contribution is -2.31. The number of nitrogens with zero attached hydrogens (tertiary/aromatic N) is 1. The molecule has 1 unspecified atom stereocenters. The van der Waals surface area contributed by atoms with Crippen LogP contribution in [-0.4, -0.2) is 49.1 Å². The van der Waals surface area contributed by atoms with E-state index in [4.69, 9.17) is 32.7 Å². The Labute approximate surface area is 184 Å². The minimum Gasteiger partial charge on any atom is -0.507 e. The second-order valence-electron chi connectivity index (χ2n) is 6.74. The van der Waals surface area contributed by atoms with Gasteiger partial charge < -0.3 is 19.5 Å². The molecule has 30 heavy (non-hydrogen) atoms. The van der Waals surface area contributed by atoms with Gasteiger partial charge in [-0.3, -0.25) is 9.59 Å². The van der Waals surface area contributed by atoms with Gasteiger partial charge in [-0.15, -0.1) is 0 Å². The minimum absolute atomic E-state index is 0.000901. The van der Waals surface area contributed by atoms with Gasteiger partial charge >= 0.3 is 0 Å². The smallest absolute Gasteiger partial charge is 0.295 e. The normalized spacial score (nSPS) is 18.1. The molecule has 1 aliphatic heterocycles. The van der Waals surface area contributed by atoms with Gasteiger partial charge in [-0.25, -0.2) is 0 Å². The van der Waals surface area contributed by atoms with Gasteiger partial charge in [-0.1, -0.05) is 29.3 Å². The van der Waals surface area contributed by atoms with E-state index in [1.807, 2.05) is 0 Å². The highest BCUT2D eigenvalue weighted by Crippen LogP contribution is 2.41. The average Bonchev–Trinajstić information content (AvgIpc) is 3.00. The monoisotopic (exact) mass is 449 g/mol. The van der Waals surface area contributed by atoms with Crippen molar-refractivity contribution in [1.29, 1.82) is 0 Å². The molecule has 2 aromatic rings. The Hall–Kier alpha value is -2.54. The highest BCUT2D eigenvalue weighted by atomic mass is 35.5. The first-order valence-corrected chi connectivity index (χ1v) is 10.0. The summed E-state index contributed by atoms with van der Waals surface area (Å²) < 4.78 is 10.2. The summed E-state index contributed by atoms with van der Waals surface area (Å²) in [7, 11) is 3.10. The van der Waals surface area contributed by atoms with Crippen molar-refractivity contribution in [2.45, 2.75) is 12.5 Å². The maximum atomic E-state index is 12.9. The van der Waals surface area contributed by atoms with Crippen LogP contribution in [0.1, 0.15) is 23.6 Å². The molecule has 1 amide bonds. The van der Waals surface area contributed by atoms with Gasteiger partial charge in [0.05, 0.1) is 28.8 Å². The van der Waals surface area contributed by atoms with Crippen LogP contribution < -0.4 is 4.74 Å². The second-order valence-corrected chi connectivity index (χ2v) is 7.56. The molecule has 0 spiro atoms. The van der Waals surface area contributed by atoms with Crippen LogP contribution >= 0.6 is 23.2 Å². The molecule has 1 heterocycles. The van der Waals surface area contributed by atoms with Crippen molar-refractivity contribution in [1.82, 2.24) is 4.90 Å². The van der Waals surface area contributed by atoms with E-state index in [0.717, 1.165) is 0 Å². The van der Waals surface area contributed by atoms with Crippen molar-refractivity contribution >= 4 is 40.7 Å². The van der Waals surface area contributed by atoms with E-state index in [1.165, 1.54) is 12.0 Å². The molecule has 1 N–H and O–H groups in total. The number of halogens is 2. The Bertz CT molecular complexity index is 988. The molecular weight excluding hydrogens is 429 g/mol. The maximum absolute atomic E-state index is 12.9. The van der Waals surface area contributed by atoms with Crippen molar-refractivity contribution in [2.75, 3.05) is 27.4 Å². The van der Waals surface area contributed by atoms with Crippen molar-refractivity contribution in [2.24, 2.45) is 0 Å². The van der Waals surface area contributed by atoms with E-state index in [0.29, 0.717) is 39.9 Å². The number of carbonyl (C=O) groups is 2. The quantitative estimate of drug-likeness (QED) is 0.292. The van der Waals surface area contributed by atoms with Gasteiger partial charge in [0.2, 0.25) is 0 Å². The third-order valence-electron chi connectivity index (χ3n) is 4.91. The highest BCUT2D eigenvalue weighted by Gasteiger charge is 2.45. The summed E-state index contributed by atoms with van der Waals surface area (Å²) in [5.74, 6) is -1.09. The Morgan fingerprint density at radius 2 is 1.77 bits per heavy atom. The number of amides is 1. The second kappa shape index (κ2) is 9.51. The third-order valence-corrected chi connectivity index (χ3v) is 5.65. The van der Waals surface area contributed by atoms with Gasteiger partial charge in [-0.2, -0.15) is 0 Å². The van der Waals surface area contributed by atoms with E-state index in [-0.39, 0.29) is 17.9 Å². The number of benzene rings is 2. The Morgan fingerprint density at radius 3 is 2.37 bits per heavy atom. The molecule has 0 radical (unpaired) electrons. The van der Waals surface area contributed by atoms with Crippen molar-refractivity contribution in [3.63, 3.8) is 0 Å². The number of rotatable bonds is 7. The lowest BCUT2D eigenvalue weighted by molar-refractivity contribution is -0.140. The van der Waals surface area contributed by atoms with Crippen LogP contribution in [0.5, 0.6) is 5.75 Å². The van der Waals surface area contributed by atoms with Gasteiger partial charge in [0.15, 0.2) is 0 Å². The molecule has 1 atom stereocenters. The molecule has 2 aromatic carbocycles. The van der Waals surface area contributed by atoms with Crippen LogP contribution in [0, 0.1) is 0 Å². The number of aliphatic hydroxyl groups is 1. The lowest BCUT2D eigenvalue weighted by atomic mass is 9.95. The predicted molar refractivity (Wildman–Crippen MR) is 115 cm³/mol. The summed E-state index contributed by atoms with van der Waals surface area (Å²) in [6, 6.07) is 10.7. The van der Waals surface area contributed by atoms with Crippen LogP contribution in [0.15, 0.2) is 48.0 Å². The zero-order chi connectivity index (χ0) is 21.8. The van der Waals surface area contributed by atoms with Crippen molar-refractivity contribution in [3.8, 4) is 5.75 Å². The minimum atomic E-state index is -0.793. The number of Topliss-reactive ketones (excluding diaryl/α,β-unsaturated/α-hetero) is 1. The molecule has 158 valence electrons. The number of ether oxygens (including phenoxy) is 2. The highest BCUT2D eigenvalue weighted by molar-refractivity contribution is 6.46. The fraction of sp³-hybridized carbons (Fsp3) is 0.273. The third kappa shape index (κ3) is 4.31. The van der Waals surface area contributed by atoms with E-state index in [2.05, 4.69) is 0 Å². The Kier molecular flexibility index (Phi) is 7.02. The van der Waals surface area contributed by atoms with Gasteiger partial charge in [-0.05, 0) is 48.4 Å². The van der Waals surface area contributed by atoms with Crippen molar-refractivity contribution in [3.05, 3.63) is 69.2 Å². The fourth-order valence-corrected chi connectivity index (χ4v) is 3.73. The van der Waals surface area contributed by atoms with Gasteiger partial charge in [0.25, 0.3) is 11.7 Å².